The van der Waals surface area contributed by atoms with E-state index in [1.165, 1.54) is 6.26 Å². The molecule has 0 aliphatic carbocycles. The van der Waals surface area contributed by atoms with Gasteiger partial charge >= 0.3 is 0 Å². The smallest absolute Gasteiger partial charge is 0.228 e. The standard InChI is InChI=1S/C16H12O3/c1-18-14-7-6-11-9-13(5-4-12(11)10-14)16(17)15-3-2-8-19-15/h2-10H,1H3. The summed E-state index contributed by atoms with van der Waals surface area (Å²) in [5, 5.41) is 2.04. The first-order valence-electron chi connectivity index (χ1n) is 5.94. The minimum atomic E-state index is -0.109. The van der Waals surface area contributed by atoms with Gasteiger partial charge < -0.3 is 9.15 Å². The maximum Gasteiger partial charge on any atom is 0.228 e. The largest absolute Gasteiger partial charge is 0.497 e. The molecule has 1 aromatic heterocycles. The third-order valence-electron chi connectivity index (χ3n) is 3.05. The molecule has 0 unspecified atom stereocenters. The van der Waals surface area contributed by atoms with Gasteiger partial charge in [-0.05, 0) is 41.1 Å². The van der Waals surface area contributed by atoms with Crippen LogP contribution in [0.4, 0.5) is 0 Å². The van der Waals surface area contributed by atoms with Gasteiger partial charge in [0, 0.05) is 5.56 Å². The van der Waals surface area contributed by atoms with Crippen LogP contribution in [0.3, 0.4) is 0 Å². The number of methoxy groups -OCH3 is 1. The number of ether oxygens (including phenoxy) is 1. The van der Waals surface area contributed by atoms with Crippen molar-refractivity contribution in [1.82, 2.24) is 0 Å². The van der Waals surface area contributed by atoms with Crippen LogP contribution in [0.15, 0.2) is 59.2 Å². The second-order valence-corrected chi connectivity index (χ2v) is 4.23. The quantitative estimate of drug-likeness (QED) is 0.667. The Bertz CT molecular complexity index is 727. The van der Waals surface area contributed by atoms with Crippen molar-refractivity contribution in [3.8, 4) is 5.75 Å². The molecule has 0 radical (unpaired) electrons. The van der Waals surface area contributed by atoms with Gasteiger partial charge in [0.15, 0.2) is 5.76 Å². The second-order valence-electron chi connectivity index (χ2n) is 4.23. The average Bonchev–Trinajstić information content (AvgIpc) is 2.99. The zero-order chi connectivity index (χ0) is 13.2. The van der Waals surface area contributed by atoms with E-state index in [2.05, 4.69) is 0 Å². The predicted molar refractivity (Wildman–Crippen MR) is 72.6 cm³/mol. The van der Waals surface area contributed by atoms with Crippen LogP contribution in [-0.2, 0) is 0 Å². The molecule has 0 saturated carbocycles. The lowest BCUT2D eigenvalue weighted by molar-refractivity contribution is 0.101. The fraction of sp³-hybridized carbons (Fsp3) is 0.0625. The van der Waals surface area contributed by atoms with E-state index in [1.807, 2.05) is 30.3 Å². The SMILES string of the molecule is COc1ccc2cc(C(=O)c3ccco3)ccc2c1. The van der Waals surface area contributed by atoms with Crippen molar-refractivity contribution in [1.29, 1.82) is 0 Å². The molecule has 2 aromatic carbocycles. The molecule has 0 saturated heterocycles. The number of benzene rings is 2. The Balaban J connectivity index is 2.05. The Labute approximate surface area is 110 Å². The van der Waals surface area contributed by atoms with Crippen LogP contribution in [0.25, 0.3) is 10.8 Å². The fourth-order valence-corrected chi connectivity index (χ4v) is 2.04. The van der Waals surface area contributed by atoms with Gasteiger partial charge in [0.25, 0.3) is 0 Å². The van der Waals surface area contributed by atoms with Crippen molar-refractivity contribution in [2.24, 2.45) is 0 Å². The molecule has 3 aromatic rings. The fourth-order valence-electron chi connectivity index (χ4n) is 2.04. The lowest BCUT2D eigenvalue weighted by atomic mass is 10.0. The Morgan fingerprint density at radius 3 is 2.58 bits per heavy atom. The molecule has 0 aliphatic heterocycles. The maximum absolute atomic E-state index is 12.2. The minimum absolute atomic E-state index is 0.109. The van der Waals surface area contributed by atoms with E-state index in [-0.39, 0.29) is 5.78 Å². The van der Waals surface area contributed by atoms with E-state index in [0.717, 1.165) is 16.5 Å². The Morgan fingerprint density at radius 1 is 1.05 bits per heavy atom. The van der Waals surface area contributed by atoms with Crippen molar-refractivity contribution < 1.29 is 13.9 Å². The van der Waals surface area contributed by atoms with Gasteiger partial charge in [-0.3, -0.25) is 4.79 Å². The summed E-state index contributed by atoms with van der Waals surface area (Å²) in [6, 6.07) is 14.7. The maximum atomic E-state index is 12.2. The van der Waals surface area contributed by atoms with Crippen molar-refractivity contribution >= 4 is 16.6 Å². The van der Waals surface area contributed by atoms with Crippen molar-refractivity contribution in [3.05, 3.63) is 66.1 Å². The molecule has 0 spiro atoms. The Hall–Kier alpha value is -2.55. The van der Waals surface area contributed by atoms with Crippen LogP contribution < -0.4 is 4.74 Å². The van der Waals surface area contributed by atoms with Gasteiger partial charge in [-0.25, -0.2) is 0 Å². The predicted octanol–water partition coefficient (Wildman–Crippen LogP) is 3.67. The van der Waals surface area contributed by atoms with E-state index < -0.39 is 0 Å². The molecule has 0 fully saturated rings. The van der Waals surface area contributed by atoms with Crippen LogP contribution >= 0.6 is 0 Å². The molecule has 1 heterocycles. The van der Waals surface area contributed by atoms with Gasteiger partial charge in [0.1, 0.15) is 5.75 Å². The van der Waals surface area contributed by atoms with Crippen molar-refractivity contribution in [3.63, 3.8) is 0 Å². The highest BCUT2D eigenvalue weighted by atomic mass is 16.5. The summed E-state index contributed by atoms with van der Waals surface area (Å²) in [4.78, 5) is 12.2. The summed E-state index contributed by atoms with van der Waals surface area (Å²) in [5.74, 6) is 1.05. The van der Waals surface area contributed by atoms with Gasteiger partial charge in [-0.1, -0.05) is 18.2 Å². The molecule has 94 valence electrons. The zero-order valence-electron chi connectivity index (χ0n) is 10.4. The zero-order valence-corrected chi connectivity index (χ0v) is 10.4. The molecule has 0 N–H and O–H groups in total. The second kappa shape index (κ2) is 4.61. The molecule has 3 nitrogen and oxygen atoms in total. The first kappa shape index (κ1) is 11.5. The van der Waals surface area contributed by atoms with E-state index in [1.54, 1.807) is 25.3 Å². The molecule has 0 bridgehead atoms. The molecule has 3 rings (SSSR count). The summed E-state index contributed by atoms with van der Waals surface area (Å²) in [6.45, 7) is 0. The summed E-state index contributed by atoms with van der Waals surface area (Å²) in [5.41, 5.74) is 0.618. The monoisotopic (exact) mass is 252 g/mol. The highest BCUT2D eigenvalue weighted by molar-refractivity contribution is 6.09. The number of carbonyl (C=O) groups is 1. The number of fused-ring (bicyclic) bond motifs is 1. The van der Waals surface area contributed by atoms with E-state index >= 15 is 0 Å². The number of rotatable bonds is 3. The molecule has 0 atom stereocenters. The average molecular weight is 252 g/mol. The molecular formula is C16H12O3. The number of furan rings is 1. The topological polar surface area (TPSA) is 39.4 Å². The van der Waals surface area contributed by atoms with Crippen LogP contribution in [0, 0.1) is 0 Å². The van der Waals surface area contributed by atoms with Gasteiger partial charge in [-0.15, -0.1) is 0 Å². The van der Waals surface area contributed by atoms with Crippen molar-refractivity contribution in [2.45, 2.75) is 0 Å². The van der Waals surface area contributed by atoms with Crippen LogP contribution in [0.2, 0.25) is 0 Å². The van der Waals surface area contributed by atoms with Crippen LogP contribution in [-0.4, -0.2) is 12.9 Å². The number of hydrogen-bond donors (Lipinski definition) is 0. The number of ketones is 1. The summed E-state index contributed by atoms with van der Waals surface area (Å²) >= 11 is 0. The van der Waals surface area contributed by atoms with Gasteiger partial charge in [0.2, 0.25) is 5.78 Å². The van der Waals surface area contributed by atoms with E-state index in [9.17, 15) is 4.79 Å². The molecule has 3 heteroatoms. The highest BCUT2D eigenvalue weighted by Gasteiger charge is 2.12. The first-order chi connectivity index (χ1) is 9.28. The van der Waals surface area contributed by atoms with E-state index in [4.69, 9.17) is 9.15 Å². The van der Waals surface area contributed by atoms with Gasteiger partial charge in [-0.2, -0.15) is 0 Å². The number of hydrogen-bond acceptors (Lipinski definition) is 3. The Morgan fingerprint density at radius 2 is 1.84 bits per heavy atom. The van der Waals surface area contributed by atoms with Crippen LogP contribution in [0.5, 0.6) is 5.75 Å². The van der Waals surface area contributed by atoms with Crippen LogP contribution in [0.1, 0.15) is 16.1 Å². The van der Waals surface area contributed by atoms with Crippen molar-refractivity contribution in [2.75, 3.05) is 7.11 Å². The lowest BCUT2D eigenvalue weighted by Gasteiger charge is -2.04. The molecule has 19 heavy (non-hydrogen) atoms. The van der Waals surface area contributed by atoms with E-state index in [0.29, 0.717) is 11.3 Å². The first-order valence-corrected chi connectivity index (χ1v) is 5.94. The minimum Gasteiger partial charge on any atom is -0.497 e. The molecular weight excluding hydrogens is 240 g/mol. The Kier molecular flexibility index (Phi) is 2.80. The summed E-state index contributed by atoms with van der Waals surface area (Å²) < 4.78 is 10.3. The third kappa shape index (κ3) is 2.10. The lowest BCUT2D eigenvalue weighted by Crippen LogP contribution is -1.99. The molecule has 0 amide bonds. The van der Waals surface area contributed by atoms with Gasteiger partial charge in [0.05, 0.1) is 13.4 Å². The number of carbonyl (C=O) groups excluding carboxylic acids is 1. The molecule has 0 aliphatic rings. The summed E-state index contributed by atoms with van der Waals surface area (Å²) in [7, 11) is 1.63. The third-order valence-corrected chi connectivity index (χ3v) is 3.05. The highest BCUT2D eigenvalue weighted by Crippen LogP contribution is 2.23. The summed E-state index contributed by atoms with van der Waals surface area (Å²) in [6.07, 6.45) is 1.50. The normalized spacial score (nSPS) is 10.6.